The van der Waals surface area contributed by atoms with Crippen molar-refractivity contribution in [3.63, 3.8) is 0 Å². The summed E-state index contributed by atoms with van der Waals surface area (Å²) in [6, 6.07) is 3.03. The molecule has 2 atom stereocenters. The highest BCUT2D eigenvalue weighted by molar-refractivity contribution is 6.32. The predicted molar refractivity (Wildman–Crippen MR) is 132 cm³/mol. The lowest BCUT2D eigenvalue weighted by Gasteiger charge is -2.24. The zero-order chi connectivity index (χ0) is 25.9. The summed E-state index contributed by atoms with van der Waals surface area (Å²) < 4.78 is 17.5. The van der Waals surface area contributed by atoms with E-state index in [0.717, 1.165) is 5.56 Å². The fraction of sp³-hybridized carbons (Fsp3) is 0.292. The molecule has 0 radical (unpaired) electrons. The number of hydrogen-bond acceptors (Lipinski definition) is 7. The van der Waals surface area contributed by atoms with Gasteiger partial charge in [-0.1, -0.05) is 11.6 Å². The van der Waals surface area contributed by atoms with Crippen molar-refractivity contribution in [2.75, 3.05) is 5.32 Å². The first kappa shape index (κ1) is 23.2. The summed E-state index contributed by atoms with van der Waals surface area (Å²) in [5.74, 6) is -1.14. The number of halogens is 2. The maximum atomic E-state index is 14.2. The monoisotopic (exact) mass is 520 g/mol. The Morgan fingerprint density at radius 3 is 2.65 bits per heavy atom. The standard InChI is InChI=1S/C24H22ClFN10O/c1-13(2)34-12-14(9-31-34)24(3)8-16(17-11-27-20-7-19(26)33-35(20)21(17)24)23(37)32-15-6-18(25)22(28-10-15)36-29-4-5-30-36/h4-7,9-13,16H,8H2,1-3H3,(H,32,37). The van der Waals surface area contributed by atoms with E-state index in [0.29, 0.717) is 34.8 Å². The molecule has 13 heteroatoms. The Labute approximate surface area is 215 Å². The lowest BCUT2D eigenvalue weighted by atomic mass is 9.80. The molecule has 1 aliphatic rings. The van der Waals surface area contributed by atoms with Gasteiger partial charge in [-0.15, -0.1) is 9.90 Å². The van der Waals surface area contributed by atoms with Crippen molar-refractivity contribution < 1.29 is 9.18 Å². The molecular weight excluding hydrogens is 499 g/mol. The van der Waals surface area contributed by atoms with Gasteiger partial charge in [-0.25, -0.2) is 14.5 Å². The van der Waals surface area contributed by atoms with Crippen LogP contribution in [-0.4, -0.2) is 50.3 Å². The minimum Gasteiger partial charge on any atom is -0.324 e. The summed E-state index contributed by atoms with van der Waals surface area (Å²) in [5, 5.41) is 19.8. The van der Waals surface area contributed by atoms with E-state index in [9.17, 15) is 9.18 Å². The van der Waals surface area contributed by atoms with Crippen molar-refractivity contribution in [1.29, 1.82) is 0 Å². The first-order valence-electron chi connectivity index (χ1n) is 11.7. The number of aromatic nitrogens is 9. The minimum atomic E-state index is -0.671. The average molecular weight is 521 g/mol. The number of carbonyl (C=O) groups excluding carboxylic acids is 1. The quantitative estimate of drug-likeness (QED) is 0.375. The molecular formula is C24H22ClFN10O. The van der Waals surface area contributed by atoms with Gasteiger partial charge in [0.15, 0.2) is 11.5 Å². The van der Waals surface area contributed by atoms with Gasteiger partial charge in [0, 0.05) is 41.0 Å². The average Bonchev–Trinajstić information content (AvgIpc) is 3.64. The van der Waals surface area contributed by atoms with Gasteiger partial charge >= 0.3 is 0 Å². The first-order valence-corrected chi connectivity index (χ1v) is 12.0. The molecule has 188 valence electrons. The van der Waals surface area contributed by atoms with Crippen LogP contribution in [0.25, 0.3) is 11.5 Å². The van der Waals surface area contributed by atoms with Crippen LogP contribution in [0.5, 0.6) is 0 Å². The molecule has 1 aliphatic carbocycles. The molecule has 11 nitrogen and oxygen atoms in total. The molecule has 0 fully saturated rings. The maximum Gasteiger partial charge on any atom is 0.235 e. The van der Waals surface area contributed by atoms with E-state index in [1.165, 1.54) is 34.0 Å². The van der Waals surface area contributed by atoms with Gasteiger partial charge in [0.25, 0.3) is 0 Å². The van der Waals surface area contributed by atoms with Gasteiger partial charge in [-0.05, 0) is 33.3 Å². The molecule has 0 saturated carbocycles. The third-order valence-corrected chi connectivity index (χ3v) is 7.05. The number of carbonyl (C=O) groups is 1. The third kappa shape index (κ3) is 3.75. The van der Waals surface area contributed by atoms with E-state index in [1.807, 2.05) is 31.6 Å². The highest BCUT2D eigenvalue weighted by Gasteiger charge is 2.48. The van der Waals surface area contributed by atoms with Crippen molar-refractivity contribution in [1.82, 2.24) is 44.4 Å². The van der Waals surface area contributed by atoms with Crippen LogP contribution in [0.3, 0.4) is 0 Å². The van der Waals surface area contributed by atoms with E-state index < -0.39 is 17.3 Å². The normalized spacial score (nSPS) is 19.0. The zero-order valence-electron chi connectivity index (χ0n) is 20.2. The Kier molecular flexibility index (Phi) is 5.30. The predicted octanol–water partition coefficient (Wildman–Crippen LogP) is 3.71. The van der Waals surface area contributed by atoms with Crippen LogP contribution in [0.4, 0.5) is 10.1 Å². The Balaban J connectivity index is 1.38. The molecule has 0 saturated heterocycles. The molecule has 5 heterocycles. The Morgan fingerprint density at radius 2 is 1.95 bits per heavy atom. The van der Waals surface area contributed by atoms with E-state index in [2.05, 4.69) is 35.7 Å². The second kappa shape index (κ2) is 8.44. The molecule has 0 aliphatic heterocycles. The van der Waals surface area contributed by atoms with Crippen molar-refractivity contribution in [3.05, 3.63) is 77.1 Å². The summed E-state index contributed by atoms with van der Waals surface area (Å²) in [5.41, 5.74) is 2.41. The summed E-state index contributed by atoms with van der Waals surface area (Å²) in [4.78, 5) is 23.6. The number of nitrogens with one attached hydrogen (secondary N) is 1. The van der Waals surface area contributed by atoms with Crippen LogP contribution >= 0.6 is 11.6 Å². The summed E-state index contributed by atoms with van der Waals surface area (Å²) in [6.07, 6.45) is 10.3. The SMILES string of the molecule is CC(C)n1cc(C2(C)CC(C(=O)Nc3cnc(-n4nccn4)c(Cl)c3)c3cnc4cc(F)nn4c32)cn1. The van der Waals surface area contributed by atoms with Crippen LogP contribution in [0.15, 0.2) is 49.3 Å². The zero-order valence-corrected chi connectivity index (χ0v) is 20.9. The maximum absolute atomic E-state index is 14.2. The summed E-state index contributed by atoms with van der Waals surface area (Å²) in [6.45, 7) is 6.09. The van der Waals surface area contributed by atoms with Crippen molar-refractivity contribution in [3.8, 4) is 5.82 Å². The molecule has 5 aromatic heterocycles. The van der Waals surface area contributed by atoms with Crippen molar-refractivity contribution >= 4 is 28.8 Å². The van der Waals surface area contributed by atoms with Crippen LogP contribution in [0, 0.1) is 5.95 Å². The molecule has 37 heavy (non-hydrogen) atoms. The van der Waals surface area contributed by atoms with Crippen LogP contribution < -0.4 is 5.32 Å². The first-order chi connectivity index (χ1) is 17.7. The van der Waals surface area contributed by atoms with Crippen LogP contribution in [-0.2, 0) is 10.2 Å². The van der Waals surface area contributed by atoms with E-state index in [-0.39, 0.29) is 17.0 Å². The minimum absolute atomic E-state index is 0.161. The Hall–Kier alpha value is -4.19. The molecule has 0 aromatic carbocycles. The Morgan fingerprint density at radius 1 is 1.16 bits per heavy atom. The summed E-state index contributed by atoms with van der Waals surface area (Å²) >= 11 is 6.38. The fourth-order valence-corrected chi connectivity index (χ4v) is 5.18. The molecule has 2 unspecified atom stereocenters. The van der Waals surface area contributed by atoms with Gasteiger partial charge < -0.3 is 5.32 Å². The molecule has 6 rings (SSSR count). The van der Waals surface area contributed by atoms with Gasteiger partial charge in [0.1, 0.15) is 0 Å². The number of amides is 1. The molecule has 5 aromatic rings. The van der Waals surface area contributed by atoms with Gasteiger partial charge in [-0.3, -0.25) is 9.48 Å². The van der Waals surface area contributed by atoms with Gasteiger partial charge in [0.05, 0.1) is 47.1 Å². The highest BCUT2D eigenvalue weighted by atomic mass is 35.5. The van der Waals surface area contributed by atoms with Crippen LogP contribution in [0.2, 0.25) is 5.02 Å². The second-order valence-corrected chi connectivity index (χ2v) is 9.94. The van der Waals surface area contributed by atoms with Crippen LogP contribution in [0.1, 0.15) is 56.0 Å². The van der Waals surface area contributed by atoms with Crippen molar-refractivity contribution in [2.45, 2.75) is 44.6 Å². The molecule has 0 bridgehead atoms. The van der Waals surface area contributed by atoms with Crippen molar-refractivity contribution in [2.24, 2.45) is 0 Å². The van der Waals surface area contributed by atoms with E-state index in [1.54, 1.807) is 18.5 Å². The smallest absolute Gasteiger partial charge is 0.235 e. The number of hydrogen-bond donors (Lipinski definition) is 1. The highest BCUT2D eigenvalue weighted by Crippen LogP contribution is 2.50. The fourth-order valence-electron chi connectivity index (χ4n) is 4.94. The number of fused-ring (bicyclic) bond motifs is 3. The number of nitrogens with zero attached hydrogens (tertiary/aromatic N) is 9. The van der Waals surface area contributed by atoms with Gasteiger partial charge in [0.2, 0.25) is 11.9 Å². The largest absolute Gasteiger partial charge is 0.324 e. The summed E-state index contributed by atoms with van der Waals surface area (Å²) in [7, 11) is 0. The topological polar surface area (TPSA) is 121 Å². The molecule has 1 amide bonds. The number of anilines is 1. The third-order valence-electron chi connectivity index (χ3n) is 6.77. The second-order valence-electron chi connectivity index (χ2n) is 9.53. The Bertz CT molecular complexity index is 1640. The van der Waals surface area contributed by atoms with Gasteiger partial charge in [-0.2, -0.15) is 19.7 Å². The molecule has 0 spiro atoms. The van der Waals surface area contributed by atoms with E-state index >= 15 is 0 Å². The lowest BCUT2D eigenvalue weighted by Crippen LogP contribution is -2.25. The number of rotatable bonds is 5. The molecule has 1 N–H and O–H groups in total. The van der Waals surface area contributed by atoms with E-state index in [4.69, 9.17) is 11.6 Å². The number of pyridine rings is 1. The lowest BCUT2D eigenvalue weighted by molar-refractivity contribution is -0.117.